The Morgan fingerprint density at radius 2 is 1.12 bits per heavy atom. The summed E-state index contributed by atoms with van der Waals surface area (Å²) in [5.74, 6) is -0.979. The van der Waals surface area contributed by atoms with Crippen molar-refractivity contribution in [3.8, 4) is 0 Å². The fraction of sp³-hybridized carbons (Fsp3) is 0.920. The Morgan fingerprint density at radius 3 is 1.53 bits per heavy atom. The summed E-state index contributed by atoms with van der Waals surface area (Å²) in [5.41, 5.74) is 0. The van der Waals surface area contributed by atoms with E-state index in [1.54, 1.807) is 6.92 Å². The van der Waals surface area contributed by atoms with Crippen molar-refractivity contribution in [2.75, 3.05) is 13.2 Å². The van der Waals surface area contributed by atoms with E-state index in [1.165, 1.54) is 77.0 Å². The van der Waals surface area contributed by atoms with E-state index in [9.17, 15) is 14.2 Å². The van der Waals surface area contributed by atoms with Crippen molar-refractivity contribution in [2.24, 2.45) is 0 Å². The lowest BCUT2D eigenvalue weighted by molar-refractivity contribution is -0.161. The van der Waals surface area contributed by atoms with Crippen molar-refractivity contribution in [1.29, 1.82) is 0 Å². The fourth-order valence-corrected chi connectivity index (χ4v) is 4.01. The fourth-order valence-electron chi connectivity index (χ4n) is 3.65. The molecule has 9 heteroatoms. The van der Waals surface area contributed by atoms with Gasteiger partial charge in [0, 0.05) is 12.8 Å². The van der Waals surface area contributed by atoms with Gasteiger partial charge >= 0.3 is 19.8 Å². The molecule has 0 bridgehead atoms. The van der Waals surface area contributed by atoms with Crippen LogP contribution >= 0.6 is 7.82 Å². The molecule has 0 fully saturated rings. The van der Waals surface area contributed by atoms with E-state index in [-0.39, 0.29) is 19.4 Å². The van der Waals surface area contributed by atoms with Gasteiger partial charge in [0.2, 0.25) is 0 Å². The number of unbranched alkanes of at least 4 members (excludes halogenated alkanes) is 15. The number of carbonyl (C=O) groups is 2. The third-order valence-electron chi connectivity index (χ3n) is 5.68. The summed E-state index contributed by atoms with van der Waals surface area (Å²) in [7, 11) is -4.70. The van der Waals surface area contributed by atoms with E-state index in [2.05, 4.69) is 11.4 Å². The maximum atomic E-state index is 12.0. The molecule has 202 valence electrons. The Morgan fingerprint density at radius 1 is 0.676 bits per heavy atom. The molecule has 1 unspecified atom stereocenters. The van der Waals surface area contributed by atoms with Gasteiger partial charge < -0.3 is 19.3 Å². The van der Waals surface area contributed by atoms with Crippen LogP contribution in [0.1, 0.15) is 129 Å². The number of hydrogen-bond donors (Lipinski definition) is 2. The molecule has 0 saturated heterocycles. The number of esters is 2. The third kappa shape index (κ3) is 24.2. The van der Waals surface area contributed by atoms with Crippen molar-refractivity contribution < 1.29 is 37.9 Å². The first-order valence-corrected chi connectivity index (χ1v) is 14.9. The summed E-state index contributed by atoms with van der Waals surface area (Å²) in [6.45, 7) is 3.04. The number of hydrogen-bond acceptors (Lipinski definition) is 6. The van der Waals surface area contributed by atoms with Gasteiger partial charge in [0.05, 0.1) is 6.61 Å². The molecule has 0 amide bonds. The highest BCUT2D eigenvalue weighted by molar-refractivity contribution is 7.46. The van der Waals surface area contributed by atoms with Crippen LogP contribution in [-0.4, -0.2) is 41.0 Å². The molecule has 2 N–H and O–H groups in total. The van der Waals surface area contributed by atoms with Gasteiger partial charge in [0.15, 0.2) is 6.10 Å². The highest BCUT2D eigenvalue weighted by Gasteiger charge is 2.22. The molecule has 0 aromatic rings. The van der Waals surface area contributed by atoms with Crippen molar-refractivity contribution >= 4 is 19.8 Å². The molecular formula is C25H49O8P. The van der Waals surface area contributed by atoms with Gasteiger partial charge in [0.1, 0.15) is 6.61 Å². The summed E-state index contributed by atoms with van der Waals surface area (Å²) >= 11 is 0. The standard InChI is InChI=1S/C25H49O8P/c1-3-5-6-7-8-9-10-11-12-13-14-15-16-17-18-19-20-25(27)33-23(21-31-24(26)4-2)22-32-34(28,29)30/h23H,3-22H2,1-2H3,(H2,28,29,30). The minimum Gasteiger partial charge on any atom is -0.462 e. The molecule has 0 aliphatic carbocycles. The zero-order valence-electron chi connectivity index (χ0n) is 21.5. The second kappa shape index (κ2) is 22.5. The number of rotatable bonds is 24. The van der Waals surface area contributed by atoms with E-state index in [1.807, 2.05) is 0 Å². The minimum atomic E-state index is -4.70. The average molecular weight is 509 g/mol. The van der Waals surface area contributed by atoms with E-state index in [4.69, 9.17) is 19.3 Å². The maximum absolute atomic E-state index is 12.0. The van der Waals surface area contributed by atoms with Crippen LogP contribution in [0.2, 0.25) is 0 Å². The second-order valence-corrected chi connectivity index (χ2v) is 10.2. The first-order chi connectivity index (χ1) is 16.3. The normalized spacial score (nSPS) is 12.5. The molecule has 8 nitrogen and oxygen atoms in total. The van der Waals surface area contributed by atoms with Crippen molar-refractivity contribution in [3.63, 3.8) is 0 Å². The zero-order valence-corrected chi connectivity index (χ0v) is 22.4. The van der Waals surface area contributed by atoms with Crippen LogP contribution in [0.4, 0.5) is 0 Å². The molecule has 0 rings (SSSR count). The minimum absolute atomic E-state index is 0.152. The third-order valence-corrected chi connectivity index (χ3v) is 6.17. The van der Waals surface area contributed by atoms with E-state index in [0.717, 1.165) is 19.3 Å². The van der Waals surface area contributed by atoms with E-state index >= 15 is 0 Å². The van der Waals surface area contributed by atoms with E-state index < -0.39 is 32.5 Å². The molecule has 0 saturated carbocycles. The molecule has 0 aromatic carbocycles. The van der Waals surface area contributed by atoms with Gasteiger partial charge in [-0.1, -0.05) is 110 Å². The van der Waals surface area contributed by atoms with Gasteiger partial charge in [-0.25, -0.2) is 4.57 Å². The molecule has 0 radical (unpaired) electrons. The predicted octanol–water partition coefficient (Wildman–Crippen LogP) is 6.61. The second-order valence-electron chi connectivity index (χ2n) is 8.99. The summed E-state index contributed by atoms with van der Waals surface area (Å²) in [4.78, 5) is 41.0. The quantitative estimate of drug-likeness (QED) is 0.0849. The molecule has 0 aliphatic heterocycles. The largest absolute Gasteiger partial charge is 0.469 e. The van der Waals surface area contributed by atoms with Crippen LogP contribution in [0, 0.1) is 0 Å². The Labute approximate surface area is 206 Å². The van der Waals surface area contributed by atoms with Crippen molar-refractivity contribution in [1.82, 2.24) is 0 Å². The van der Waals surface area contributed by atoms with Crippen LogP contribution in [-0.2, 0) is 28.2 Å². The number of carbonyl (C=O) groups excluding carboxylic acids is 2. The lowest BCUT2D eigenvalue weighted by Gasteiger charge is -2.18. The van der Waals surface area contributed by atoms with Crippen LogP contribution in [0.3, 0.4) is 0 Å². The van der Waals surface area contributed by atoms with Gasteiger partial charge in [-0.3, -0.25) is 14.1 Å². The Balaban J connectivity index is 3.70. The molecule has 0 aliphatic rings. The topological polar surface area (TPSA) is 119 Å². The Hall–Kier alpha value is -0.950. The average Bonchev–Trinajstić information content (AvgIpc) is 2.79. The first-order valence-electron chi connectivity index (χ1n) is 13.3. The maximum Gasteiger partial charge on any atom is 0.469 e. The lowest BCUT2D eigenvalue weighted by atomic mass is 10.0. The summed E-state index contributed by atoms with van der Waals surface area (Å²) in [6.07, 6.45) is 19.3. The van der Waals surface area contributed by atoms with Crippen molar-refractivity contribution in [2.45, 2.75) is 136 Å². The van der Waals surface area contributed by atoms with Gasteiger partial charge in [-0.15, -0.1) is 0 Å². The number of ether oxygens (including phenoxy) is 2. The van der Waals surface area contributed by atoms with Crippen LogP contribution in [0.25, 0.3) is 0 Å². The zero-order chi connectivity index (χ0) is 25.5. The molecular weight excluding hydrogens is 459 g/mol. The van der Waals surface area contributed by atoms with E-state index in [0.29, 0.717) is 6.42 Å². The number of phosphoric acid groups is 1. The Bertz CT molecular complexity index is 549. The molecule has 1 atom stereocenters. The summed E-state index contributed by atoms with van der Waals surface area (Å²) < 4.78 is 25.4. The van der Waals surface area contributed by atoms with Crippen LogP contribution in [0.15, 0.2) is 0 Å². The highest BCUT2D eigenvalue weighted by atomic mass is 31.2. The monoisotopic (exact) mass is 508 g/mol. The predicted molar refractivity (Wildman–Crippen MR) is 133 cm³/mol. The Kier molecular flexibility index (Phi) is 21.9. The summed E-state index contributed by atoms with van der Waals surface area (Å²) in [5, 5.41) is 0. The SMILES string of the molecule is CCCCCCCCCCCCCCCCCCC(=O)OC(COC(=O)CC)COP(=O)(O)O. The van der Waals surface area contributed by atoms with Gasteiger partial charge in [-0.2, -0.15) is 0 Å². The molecule has 0 heterocycles. The molecule has 0 spiro atoms. The smallest absolute Gasteiger partial charge is 0.462 e. The first kappa shape index (κ1) is 33.0. The van der Waals surface area contributed by atoms with Crippen LogP contribution in [0.5, 0.6) is 0 Å². The van der Waals surface area contributed by atoms with Gasteiger partial charge in [0.25, 0.3) is 0 Å². The highest BCUT2D eigenvalue weighted by Crippen LogP contribution is 2.35. The van der Waals surface area contributed by atoms with Gasteiger partial charge in [-0.05, 0) is 6.42 Å². The van der Waals surface area contributed by atoms with Crippen molar-refractivity contribution in [3.05, 3.63) is 0 Å². The summed E-state index contributed by atoms with van der Waals surface area (Å²) in [6, 6.07) is 0. The number of phosphoric ester groups is 1. The molecule has 0 aromatic heterocycles. The molecule has 34 heavy (non-hydrogen) atoms. The van der Waals surface area contributed by atoms with Crippen LogP contribution < -0.4 is 0 Å². The lowest BCUT2D eigenvalue weighted by Crippen LogP contribution is -2.29.